The van der Waals surface area contributed by atoms with Crippen molar-refractivity contribution in [3.05, 3.63) is 23.2 Å². The number of hydrogen-bond donors (Lipinski definition) is 1. The number of carboxylic acid groups (broad SMARTS) is 1. The lowest BCUT2D eigenvalue weighted by atomic mass is 9.99. The Labute approximate surface area is 113 Å². The number of hydrogen-bond acceptors (Lipinski definition) is 4. The van der Waals surface area contributed by atoms with Crippen molar-refractivity contribution >= 4 is 5.97 Å². The third kappa shape index (κ3) is 2.98. The first-order valence-electron chi connectivity index (χ1n) is 6.56. The molecular formula is C14H22N2O3. The lowest BCUT2D eigenvalue weighted by Crippen LogP contribution is -2.57. The number of aryl methyl sites for hydroxylation is 1. The zero-order valence-corrected chi connectivity index (χ0v) is 12.1. The van der Waals surface area contributed by atoms with Gasteiger partial charge in [-0.1, -0.05) is 0 Å². The molecule has 2 rings (SSSR count). The van der Waals surface area contributed by atoms with Crippen LogP contribution in [0.1, 0.15) is 35.7 Å². The molecule has 1 saturated heterocycles. The summed E-state index contributed by atoms with van der Waals surface area (Å²) in [5.74, 6) is -0.275. The van der Waals surface area contributed by atoms with Crippen molar-refractivity contribution in [3.8, 4) is 0 Å². The number of carboxylic acids is 1. The molecule has 1 aliphatic heterocycles. The third-order valence-corrected chi connectivity index (χ3v) is 4.02. The summed E-state index contributed by atoms with van der Waals surface area (Å²) in [5, 5.41) is 8.93. The molecular weight excluding hydrogens is 244 g/mol. The van der Waals surface area contributed by atoms with E-state index in [1.165, 1.54) is 0 Å². The number of piperazine rings is 1. The first kappa shape index (κ1) is 14.1. The van der Waals surface area contributed by atoms with E-state index in [9.17, 15) is 4.79 Å². The van der Waals surface area contributed by atoms with Gasteiger partial charge in [-0.15, -0.1) is 0 Å². The fraction of sp³-hybridized carbons (Fsp3) is 0.643. The zero-order chi connectivity index (χ0) is 14.2. The van der Waals surface area contributed by atoms with Gasteiger partial charge in [-0.05, 0) is 33.9 Å². The lowest BCUT2D eigenvalue weighted by molar-refractivity contribution is 0.0358. The molecule has 5 nitrogen and oxygen atoms in total. The first-order valence-corrected chi connectivity index (χ1v) is 6.56. The molecule has 0 unspecified atom stereocenters. The fourth-order valence-corrected chi connectivity index (χ4v) is 2.50. The lowest BCUT2D eigenvalue weighted by Gasteiger charge is -2.45. The Morgan fingerprint density at radius 3 is 2.68 bits per heavy atom. The van der Waals surface area contributed by atoms with Gasteiger partial charge in [0, 0.05) is 37.3 Å². The van der Waals surface area contributed by atoms with Crippen LogP contribution in [0.4, 0.5) is 0 Å². The van der Waals surface area contributed by atoms with E-state index in [0.717, 1.165) is 31.7 Å². The van der Waals surface area contributed by atoms with E-state index in [1.807, 2.05) is 6.92 Å². The molecule has 0 atom stereocenters. The largest absolute Gasteiger partial charge is 0.475 e. The van der Waals surface area contributed by atoms with Crippen molar-refractivity contribution in [2.75, 3.05) is 26.7 Å². The average molecular weight is 266 g/mol. The quantitative estimate of drug-likeness (QED) is 0.904. The monoisotopic (exact) mass is 266 g/mol. The molecule has 5 heteroatoms. The van der Waals surface area contributed by atoms with E-state index in [1.54, 1.807) is 6.07 Å². The van der Waals surface area contributed by atoms with Gasteiger partial charge < -0.3 is 9.52 Å². The number of rotatable bonds is 3. The second-order valence-corrected chi connectivity index (χ2v) is 5.94. The highest BCUT2D eigenvalue weighted by Gasteiger charge is 2.31. The number of carbonyl (C=O) groups is 1. The minimum atomic E-state index is -1.01. The molecule has 0 radical (unpaired) electrons. The number of furan rings is 1. The van der Waals surface area contributed by atoms with Crippen molar-refractivity contribution in [1.29, 1.82) is 0 Å². The molecule has 0 aliphatic carbocycles. The maximum atomic E-state index is 10.9. The van der Waals surface area contributed by atoms with Crippen LogP contribution >= 0.6 is 0 Å². The van der Waals surface area contributed by atoms with Crippen LogP contribution in [0.2, 0.25) is 0 Å². The van der Waals surface area contributed by atoms with Gasteiger partial charge in [-0.2, -0.15) is 0 Å². The maximum Gasteiger partial charge on any atom is 0.371 e. The second-order valence-electron chi connectivity index (χ2n) is 5.94. The summed E-state index contributed by atoms with van der Waals surface area (Å²) < 4.78 is 5.25. The van der Waals surface area contributed by atoms with Gasteiger partial charge in [0.1, 0.15) is 5.76 Å². The molecule has 106 valence electrons. The highest BCUT2D eigenvalue weighted by Crippen LogP contribution is 2.22. The van der Waals surface area contributed by atoms with E-state index in [-0.39, 0.29) is 11.3 Å². The summed E-state index contributed by atoms with van der Waals surface area (Å²) in [6.45, 7) is 10.0. The number of aromatic carboxylic acids is 1. The molecule has 1 N–H and O–H groups in total. The predicted molar refractivity (Wildman–Crippen MR) is 72.4 cm³/mol. The number of nitrogens with zero attached hydrogens (tertiary/aromatic N) is 2. The summed E-state index contributed by atoms with van der Waals surface area (Å²) in [7, 11) is 2.14. The normalized spacial score (nSPS) is 20.6. The Bertz CT molecular complexity index is 479. The van der Waals surface area contributed by atoms with Gasteiger partial charge in [0.2, 0.25) is 5.76 Å². The van der Waals surface area contributed by atoms with Crippen LogP contribution < -0.4 is 0 Å². The van der Waals surface area contributed by atoms with Gasteiger partial charge in [-0.3, -0.25) is 9.80 Å². The fourth-order valence-electron chi connectivity index (χ4n) is 2.50. The summed E-state index contributed by atoms with van der Waals surface area (Å²) in [4.78, 5) is 15.6. The highest BCUT2D eigenvalue weighted by atomic mass is 16.4. The van der Waals surface area contributed by atoms with Gasteiger partial charge in [0.15, 0.2) is 0 Å². The molecule has 1 aliphatic rings. The van der Waals surface area contributed by atoms with E-state index < -0.39 is 5.97 Å². The molecule has 0 amide bonds. The SMILES string of the molecule is Cc1oc(C(=O)O)cc1CN1CCN(C)C(C)(C)C1. The minimum Gasteiger partial charge on any atom is -0.475 e. The van der Waals surface area contributed by atoms with Crippen molar-refractivity contribution in [2.24, 2.45) is 0 Å². The van der Waals surface area contributed by atoms with Crippen LogP contribution in [-0.2, 0) is 6.54 Å². The second kappa shape index (κ2) is 4.98. The summed E-state index contributed by atoms with van der Waals surface area (Å²) >= 11 is 0. The summed E-state index contributed by atoms with van der Waals surface area (Å²) in [6, 6.07) is 1.64. The molecule has 0 spiro atoms. The van der Waals surface area contributed by atoms with Crippen LogP contribution in [0, 0.1) is 6.92 Å². The minimum absolute atomic E-state index is 0.0286. The third-order valence-electron chi connectivity index (χ3n) is 4.02. The van der Waals surface area contributed by atoms with Crippen molar-refractivity contribution in [1.82, 2.24) is 9.80 Å². The molecule has 0 aromatic carbocycles. The smallest absolute Gasteiger partial charge is 0.371 e. The Hall–Kier alpha value is -1.33. The molecule has 1 aromatic heterocycles. The van der Waals surface area contributed by atoms with Crippen LogP contribution in [-0.4, -0.2) is 53.1 Å². The molecule has 19 heavy (non-hydrogen) atoms. The van der Waals surface area contributed by atoms with Crippen LogP contribution in [0.25, 0.3) is 0 Å². The molecule has 1 aromatic rings. The average Bonchev–Trinajstić information content (AvgIpc) is 2.66. The molecule has 0 bridgehead atoms. The van der Waals surface area contributed by atoms with Crippen molar-refractivity contribution < 1.29 is 14.3 Å². The van der Waals surface area contributed by atoms with E-state index in [2.05, 4.69) is 30.7 Å². The summed E-state index contributed by atoms with van der Waals surface area (Å²) in [6.07, 6.45) is 0. The van der Waals surface area contributed by atoms with E-state index in [0.29, 0.717) is 5.76 Å². The van der Waals surface area contributed by atoms with Crippen LogP contribution in [0.3, 0.4) is 0 Å². The standard InChI is InChI=1S/C14H22N2O3/c1-10-11(7-12(19-10)13(17)18)8-16-6-5-15(4)14(2,3)9-16/h7H,5-6,8-9H2,1-4H3,(H,17,18). The first-order chi connectivity index (χ1) is 8.79. The van der Waals surface area contributed by atoms with Gasteiger partial charge in [-0.25, -0.2) is 4.79 Å². The van der Waals surface area contributed by atoms with E-state index >= 15 is 0 Å². The Morgan fingerprint density at radius 1 is 1.47 bits per heavy atom. The molecule has 0 saturated carbocycles. The predicted octanol–water partition coefficient (Wildman–Crippen LogP) is 1.81. The Balaban J connectivity index is 2.08. The molecule has 1 fully saturated rings. The molecule has 2 heterocycles. The van der Waals surface area contributed by atoms with Crippen LogP contribution in [0.5, 0.6) is 0 Å². The zero-order valence-electron chi connectivity index (χ0n) is 12.1. The summed E-state index contributed by atoms with van der Waals surface area (Å²) in [5.41, 5.74) is 1.11. The Kier molecular flexibility index (Phi) is 3.69. The highest BCUT2D eigenvalue weighted by molar-refractivity contribution is 5.84. The van der Waals surface area contributed by atoms with Gasteiger partial charge in [0.05, 0.1) is 0 Å². The van der Waals surface area contributed by atoms with E-state index in [4.69, 9.17) is 9.52 Å². The van der Waals surface area contributed by atoms with Gasteiger partial charge in [0.25, 0.3) is 0 Å². The maximum absolute atomic E-state index is 10.9. The number of likely N-dealkylation sites (N-methyl/N-ethyl adjacent to an activating group) is 1. The van der Waals surface area contributed by atoms with Gasteiger partial charge >= 0.3 is 5.97 Å². The topological polar surface area (TPSA) is 56.9 Å². The van der Waals surface area contributed by atoms with Crippen LogP contribution in [0.15, 0.2) is 10.5 Å². The van der Waals surface area contributed by atoms with Crippen molar-refractivity contribution in [3.63, 3.8) is 0 Å². The Morgan fingerprint density at radius 2 is 2.16 bits per heavy atom. The van der Waals surface area contributed by atoms with Crippen molar-refractivity contribution in [2.45, 2.75) is 32.9 Å².